The van der Waals surface area contributed by atoms with E-state index in [4.69, 9.17) is 9.26 Å². The smallest absolute Gasteiger partial charge is 0.226 e. The van der Waals surface area contributed by atoms with E-state index >= 15 is 0 Å². The second-order valence-electron chi connectivity index (χ2n) is 7.30. The molecule has 0 spiro atoms. The van der Waals surface area contributed by atoms with Gasteiger partial charge >= 0.3 is 0 Å². The number of benzene rings is 1. The SMILES string of the molecule is COc1ccc(C(C)NC(=O)CCCc2nc(C(C)(C)C)no2)cc1F. The lowest BCUT2D eigenvalue weighted by Gasteiger charge is -2.15. The molecule has 2 aromatic rings. The van der Waals surface area contributed by atoms with Gasteiger partial charge in [0.05, 0.1) is 13.2 Å². The van der Waals surface area contributed by atoms with E-state index in [9.17, 15) is 9.18 Å². The summed E-state index contributed by atoms with van der Waals surface area (Å²) in [5.74, 6) is 0.822. The number of hydrogen-bond acceptors (Lipinski definition) is 5. The average molecular weight is 363 g/mol. The van der Waals surface area contributed by atoms with Crippen molar-refractivity contribution in [3.05, 3.63) is 41.3 Å². The van der Waals surface area contributed by atoms with Crippen molar-refractivity contribution in [1.29, 1.82) is 0 Å². The monoisotopic (exact) mass is 363 g/mol. The van der Waals surface area contributed by atoms with E-state index in [1.54, 1.807) is 12.1 Å². The number of aryl methyl sites for hydroxylation is 1. The maximum atomic E-state index is 13.8. The summed E-state index contributed by atoms with van der Waals surface area (Å²) in [6.45, 7) is 7.85. The average Bonchev–Trinajstić information content (AvgIpc) is 3.04. The molecule has 0 saturated heterocycles. The van der Waals surface area contributed by atoms with Gasteiger partial charge in [-0.15, -0.1) is 0 Å². The highest BCUT2D eigenvalue weighted by Gasteiger charge is 2.21. The predicted molar refractivity (Wildman–Crippen MR) is 95.4 cm³/mol. The number of nitrogens with one attached hydrogen (secondary N) is 1. The molecule has 0 aliphatic heterocycles. The number of halogens is 1. The summed E-state index contributed by atoms with van der Waals surface area (Å²) in [5.41, 5.74) is 0.519. The standard InChI is InChI=1S/C19H26FN3O3/c1-12(13-9-10-15(25-5)14(20)11-13)21-16(24)7-6-8-17-22-18(23-26-17)19(2,3)4/h9-12H,6-8H2,1-5H3,(H,21,24). The summed E-state index contributed by atoms with van der Waals surface area (Å²) in [4.78, 5) is 16.4. The third kappa shape index (κ3) is 5.28. The van der Waals surface area contributed by atoms with Gasteiger partial charge in [0.1, 0.15) is 0 Å². The summed E-state index contributed by atoms with van der Waals surface area (Å²) in [6, 6.07) is 4.37. The van der Waals surface area contributed by atoms with Crippen LogP contribution in [0.5, 0.6) is 5.75 Å². The van der Waals surface area contributed by atoms with Gasteiger partial charge in [-0.05, 0) is 31.0 Å². The molecule has 0 bridgehead atoms. The molecular formula is C19H26FN3O3. The third-order valence-corrected chi connectivity index (χ3v) is 3.99. The molecule has 142 valence electrons. The Morgan fingerprint density at radius 3 is 2.69 bits per heavy atom. The van der Waals surface area contributed by atoms with Crippen molar-refractivity contribution in [2.75, 3.05) is 7.11 Å². The van der Waals surface area contributed by atoms with E-state index < -0.39 is 5.82 Å². The molecule has 0 saturated carbocycles. The van der Waals surface area contributed by atoms with Gasteiger partial charge < -0.3 is 14.6 Å². The zero-order chi connectivity index (χ0) is 19.3. The molecule has 1 atom stereocenters. The molecule has 1 heterocycles. The van der Waals surface area contributed by atoms with E-state index in [2.05, 4.69) is 15.5 Å². The molecule has 6 nitrogen and oxygen atoms in total. The third-order valence-electron chi connectivity index (χ3n) is 3.99. The number of methoxy groups -OCH3 is 1. The number of hydrogen-bond donors (Lipinski definition) is 1. The highest BCUT2D eigenvalue weighted by Crippen LogP contribution is 2.22. The van der Waals surface area contributed by atoms with E-state index in [-0.39, 0.29) is 23.1 Å². The Labute approximate surface area is 153 Å². The Hall–Kier alpha value is -2.44. The van der Waals surface area contributed by atoms with Crippen LogP contribution in [-0.2, 0) is 16.6 Å². The largest absolute Gasteiger partial charge is 0.494 e. The van der Waals surface area contributed by atoms with E-state index in [0.717, 1.165) is 0 Å². The molecule has 0 fully saturated rings. The minimum Gasteiger partial charge on any atom is -0.494 e. The highest BCUT2D eigenvalue weighted by molar-refractivity contribution is 5.76. The minimum absolute atomic E-state index is 0.107. The molecule has 26 heavy (non-hydrogen) atoms. The van der Waals surface area contributed by atoms with Gasteiger partial charge in [0.25, 0.3) is 0 Å². The van der Waals surface area contributed by atoms with Crippen LogP contribution in [-0.4, -0.2) is 23.2 Å². The molecule has 0 radical (unpaired) electrons. The first-order chi connectivity index (χ1) is 12.2. The van der Waals surface area contributed by atoms with Crippen LogP contribution in [0.15, 0.2) is 22.7 Å². The summed E-state index contributed by atoms with van der Waals surface area (Å²) in [5, 5.41) is 6.83. The van der Waals surface area contributed by atoms with Crippen LogP contribution in [0, 0.1) is 5.82 Å². The molecule has 7 heteroatoms. The van der Waals surface area contributed by atoms with Gasteiger partial charge in [-0.3, -0.25) is 4.79 Å². The molecule has 0 aliphatic rings. The Kier molecular flexibility index (Phi) is 6.34. The van der Waals surface area contributed by atoms with Crippen molar-refractivity contribution in [2.45, 2.75) is 58.4 Å². The molecule has 1 aromatic carbocycles. The lowest BCUT2D eigenvalue weighted by atomic mass is 9.96. The van der Waals surface area contributed by atoms with Gasteiger partial charge in [-0.1, -0.05) is 32.0 Å². The predicted octanol–water partition coefficient (Wildman–Crippen LogP) is 3.71. The van der Waals surface area contributed by atoms with Crippen LogP contribution in [0.25, 0.3) is 0 Å². The summed E-state index contributed by atoms with van der Waals surface area (Å²) < 4.78 is 23.9. The van der Waals surface area contributed by atoms with E-state index in [1.807, 2.05) is 27.7 Å². The molecule has 2 rings (SSSR count). The van der Waals surface area contributed by atoms with Crippen molar-refractivity contribution < 1.29 is 18.4 Å². The lowest BCUT2D eigenvalue weighted by molar-refractivity contribution is -0.121. The van der Waals surface area contributed by atoms with Gasteiger partial charge in [0.2, 0.25) is 11.8 Å². The zero-order valence-electron chi connectivity index (χ0n) is 15.9. The Morgan fingerprint density at radius 2 is 2.12 bits per heavy atom. The van der Waals surface area contributed by atoms with Gasteiger partial charge in [0.15, 0.2) is 17.4 Å². The zero-order valence-corrected chi connectivity index (χ0v) is 15.9. The molecule has 1 N–H and O–H groups in total. The Balaban J connectivity index is 1.81. The number of rotatable bonds is 7. The maximum Gasteiger partial charge on any atom is 0.226 e. The van der Waals surface area contributed by atoms with Gasteiger partial charge in [-0.25, -0.2) is 4.39 Å². The fraction of sp³-hybridized carbons (Fsp3) is 0.526. The van der Waals surface area contributed by atoms with Crippen LogP contribution in [0.4, 0.5) is 4.39 Å². The topological polar surface area (TPSA) is 77.2 Å². The van der Waals surface area contributed by atoms with Crippen molar-refractivity contribution in [1.82, 2.24) is 15.5 Å². The second kappa shape index (κ2) is 8.29. The highest BCUT2D eigenvalue weighted by atomic mass is 19.1. The second-order valence-corrected chi connectivity index (χ2v) is 7.30. The van der Waals surface area contributed by atoms with Crippen LogP contribution < -0.4 is 10.1 Å². The first kappa shape index (κ1) is 19.9. The molecule has 1 aromatic heterocycles. The van der Waals surface area contributed by atoms with Crippen molar-refractivity contribution in [2.24, 2.45) is 0 Å². The number of nitrogens with zero attached hydrogens (tertiary/aromatic N) is 2. The quantitative estimate of drug-likeness (QED) is 0.811. The summed E-state index contributed by atoms with van der Waals surface area (Å²) >= 11 is 0. The van der Waals surface area contributed by atoms with E-state index in [1.165, 1.54) is 13.2 Å². The fourth-order valence-electron chi connectivity index (χ4n) is 2.41. The minimum atomic E-state index is -0.447. The van der Waals surface area contributed by atoms with Gasteiger partial charge in [-0.2, -0.15) is 4.98 Å². The number of amides is 1. The molecular weight excluding hydrogens is 337 g/mol. The van der Waals surface area contributed by atoms with Crippen LogP contribution in [0.1, 0.15) is 63.9 Å². The number of aromatic nitrogens is 2. The number of carbonyl (C=O) groups is 1. The molecule has 1 amide bonds. The van der Waals surface area contributed by atoms with Crippen LogP contribution in [0.3, 0.4) is 0 Å². The lowest BCUT2D eigenvalue weighted by Crippen LogP contribution is -2.26. The Morgan fingerprint density at radius 1 is 1.38 bits per heavy atom. The maximum absolute atomic E-state index is 13.8. The van der Waals surface area contributed by atoms with Crippen molar-refractivity contribution >= 4 is 5.91 Å². The Bertz CT molecular complexity index is 753. The fourth-order valence-corrected chi connectivity index (χ4v) is 2.41. The van der Waals surface area contributed by atoms with Crippen molar-refractivity contribution in [3.63, 3.8) is 0 Å². The van der Waals surface area contributed by atoms with E-state index in [0.29, 0.717) is 36.5 Å². The van der Waals surface area contributed by atoms with Crippen LogP contribution >= 0.6 is 0 Å². The summed E-state index contributed by atoms with van der Waals surface area (Å²) in [6.07, 6.45) is 1.47. The molecule has 1 unspecified atom stereocenters. The van der Waals surface area contributed by atoms with Crippen molar-refractivity contribution in [3.8, 4) is 5.75 Å². The number of ether oxygens (including phenoxy) is 1. The normalized spacial score (nSPS) is 12.7. The number of carbonyl (C=O) groups excluding carboxylic acids is 1. The van der Waals surface area contributed by atoms with Crippen LogP contribution in [0.2, 0.25) is 0 Å². The first-order valence-corrected chi connectivity index (χ1v) is 8.66. The first-order valence-electron chi connectivity index (χ1n) is 8.66. The molecule has 0 aliphatic carbocycles. The van der Waals surface area contributed by atoms with Gasteiger partial charge in [0, 0.05) is 18.3 Å². The summed E-state index contributed by atoms with van der Waals surface area (Å²) in [7, 11) is 1.41.